The average Bonchev–Trinajstić information content (AvgIpc) is 3.51. The lowest BCUT2D eigenvalue weighted by molar-refractivity contribution is 0.136. The number of aromatic nitrogens is 4. The van der Waals surface area contributed by atoms with Crippen molar-refractivity contribution in [2.24, 2.45) is 5.92 Å². The minimum Gasteiger partial charge on any atom is -0.383 e. The molecular weight excluding hydrogens is 380 g/mol. The Labute approximate surface area is 176 Å². The molecule has 158 valence electrons. The van der Waals surface area contributed by atoms with E-state index in [1.54, 1.807) is 19.5 Å². The number of methoxy groups -OCH3 is 1. The Morgan fingerprint density at radius 3 is 2.50 bits per heavy atom. The molecule has 5 aliphatic rings. The molecule has 5 fully saturated rings. The highest BCUT2D eigenvalue weighted by Gasteiger charge is 2.46. The standard InChI is InChI=1S/C21H28N8O/c1-30-3-2-27-11-17-6-16(27)12-28(17)19-7-18(14-8-23-20(22)24-9-14)25-21(26-19)29-10-13-4-15(29)5-13/h7-9,13,15-17H,2-6,10-12H2,1H3,(H2,22,23,24)/t13?,15?,16-,17-/m0/s1. The van der Waals surface area contributed by atoms with Crippen molar-refractivity contribution in [3.05, 3.63) is 18.5 Å². The van der Waals surface area contributed by atoms with E-state index in [1.165, 1.54) is 19.3 Å². The molecule has 1 aliphatic carbocycles. The second kappa shape index (κ2) is 7.02. The van der Waals surface area contributed by atoms with Crippen LogP contribution in [0.4, 0.5) is 17.7 Å². The number of rotatable bonds is 6. The smallest absolute Gasteiger partial charge is 0.228 e. The molecule has 2 aromatic heterocycles. The topological polar surface area (TPSA) is 96.5 Å². The van der Waals surface area contributed by atoms with Gasteiger partial charge in [-0.25, -0.2) is 15.0 Å². The summed E-state index contributed by atoms with van der Waals surface area (Å²) in [6.45, 7) is 4.95. The normalized spacial score (nSPS) is 29.6. The van der Waals surface area contributed by atoms with E-state index in [4.69, 9.17) is 20.4 Å². The van der Waals surface area contributed by atoms with Gasteiger partial charge in [-0.1, -0.05) is 0 Å². The Hall–Kier alpha value is -2.52. The number of hydrogen-bond donors (Lipinski definition) is 1. The van der Waals surface area contributed by atoms with Gasteiger partial charge in [0.05, 0.1) is 12.3 Å². The number of fused-ring (bicyclic) bond motifs is 3. The van der Waals surface area contributed by atoms with Gasteiger partial charge in [-0.05, 0) is 25.2 Å². The highest BCUT2D eigenvalue weighted by atomic mass is 16.5. The van der Waals surface area contributed by atoms with E-state index in [-0.39, 0.29) is 5.95 Å². The van der Waals surface area contributed by atoms with Crippen molar-refractivity contribution < 1.29 is 4.74 Å². The Morgan fingerprint density at radius 1 is 1.00 bits per heavy atom. The fraction of sp³-hybridized carbons (Fsp3) is 0.619. The van der Waals surface area contributed by atoms with E-state index in [1.807, 2.05) is 0 Å². The zero-order chi connectivity index (χ0) is 20.2. The van der Waals surface area contributed by atoms with Crippen LogP contribution in [0.15, 0.2) is 18.5 Å². The van der Waals surface area contributed by atoms with E-state index in [0.29, 0.717) is 18.1 Å². The maximum Gasteiger partial charge on any atom is 0.228 e. The van der Waals surface area contributed by atoms with Crippen LogP contribution in [0.1, 0.15) is 19.3 Å². The third-order valence-corrected chi connectivity index (χ3v) is 7.26. The summed E-state index contributed by atoms with van der Waals surface area (Å²) in [6, 6.07) is 3.77. The summed E-state index contributed by atoms with van der Waals surface area (Å²) in [5.74, 6) is 2.96. The molecule has 4 saturated heterocycles. The van der Waals surface area contributed by atoms with Crippen LogP contribution >= 0.6 is 0 Å². The minimum atomic E-state index is 0.279. The molecule has 2 atom stereocenters. The number of ether oxygens (including phenoxy) is 1. The first-order valence-corrected chi connectivity index (χ1v) is 10.9. The van der Waals surface area contributed by atoms with Crippen molar-refractivity contribution in [3.63, 3.8) is 0 Å². The van der Waals surface area contributed by atoms with Crippen molar-refractivity contribution in [2.75, 3.05) is 55.4 Å². The summed E-state index contributed by atoms with van der Waals surface area (Å²) in [4.78, 5) is 25.7. The summed E-state index contributed by atoms with van der Waals surface area (Å²) in [6.07, 6.45) is 7.25. The molecule has 2 aromatic rings. The van der Waals surface area contributed by atoms with Crippen molar-refractivity contribution in [2.45, 2.75) is 37.4 Å². The van der Waals surface area contributed by atoms with Crippen LogP contribution < -0.4 is 15.5 Å². The summed E-state index contributed by atoms with van der Waals surface area (Å²) in [5.41, 5.74) is 7.45. The number of nitrogens with zero attached hydrogens (tertiary/aromatic N) is 7. The number of piperazine rings is 1. The summed E-state index contributed by atoms with van der Waals surface area (Å²) in [7, 11) is 1.77. The molecule has 0 radical (unpaired) electrons. The minimum absolute atomic E-state index is 0.279. The van der Waals surface area contributed by atoms with Crippen LogP contribution in [0.25, 0.3) is 11.3 Å². The Kier molecular flexibility index (Phi) is 4.28. The monoisotopic (exact) mass is 408 g/mol. The molecular formula is C21H28N8O. The number of likely N-dealkylation sites (tertiary alicyclic amines) is 1. The van der Waals surface area contributed by atoms with Crippen LogP contribution in [0, 0.1) is 5.92 Å². The van der Waals surface area contributed by atoms with Crippen molar-refractivity contribution in [1.29, 1.82) is 0 Å². The molecule has 0 aromatic carbocycles. The van der Waals surface area contributed by atoms with E-state index in [0.717, 1.165) is 61.7 Å². The highest BCUT2D eigenvalue weighted by molar-refractivity contribution is 5.65. The van der Waals surface area contributed by atoms with Gasteiger partial charge in [0.2, 0.25) is 11.9 Å². The third kappa shape index (κ3) is 2.99. The molecule has 9 nitrogen and oxygen atoms in total. The van der Waals surface area contributed by atoms with Crippen molar-refractivity contribution in [1.82, 2.24) is 24.8 Å². The van der Waals surface area contributed by atoms with Crippen molar-refractivity contribution in [3.8, 4) is 11.3 Å². The van der Waals surface area contributed by atoms with E-state index in [9.17, 15) is 0 Å². The molecule has 0 unspecified atom stereocenters. The first kappa shape index (κ1) is 18.3. The number of anilines is 3. The van der Waals surface area contributed by atoms with E-state index < -0.39 is 0 Å². The van der Waals surface area contributed by atoms with Crippen LogP contribution in [0.5, 0.6) is 0 Å². The lowest BCUT2D eigenvalue weighted by atomic mass is 9.86. The Morgan fingerprint density at radius 2 is 1.83 bits per heavy atom. The lowest BCUT2D eigenvalue weighted by Crippen LogP contribution is -2.47. The lowest BCUT2D eigenvalue weighted by Gasteiger charge is -2.35. The van der Waals surface area contributed by atoms with E-state index >= 15 is 0 Å². The van der Waals surface area contributed by atoms with Crippen LogP contribution in [-0.2, 0) is 4.74 Å². The zero-order valence-electron chi connectivity index (χ0n) is 17.3. The molecule has 7 rings (SSSR count). The number of nitrogens with two attached hydrogens (primary N) is 1. The maximum atomic E-state index is 5.69. The zero-order valence-corrected chi connectivity index (χ0v) is 17.3. The summed E-state index contributed by atoms with van der Waals surface area (Å²) >= 11 is 0. The molecule has 1 saturated carbocycles. The molecule has 0 spiro atoms. The van der Waals surface area contributed by atoms with Gasteiger partial charge in [0.25, 0.3) is 0 Å². The number of hydrogen-bond acceptors (Lipinski definition) is 9. The van der Waals surface area contributed by atoms with Gasteiger partial charge in [-0.2, -0.15) is 4.98 Å². The van der Waals surface area contributed by atoms with Gasteiger partial charge < -0.3 is 20.3 Å². The largest absolute Gasteiger partial charge is 0.383 e. The second-order valence-electron chi connectivity index (χ2n) is 9.07. The van der Waals surface area contributed by atoms with Crippen LogP contribution in [0.3, 0.4) is 0 Å². The van der Waals surface area contributed by atoms with Gasteiger partial charge in [0.15, 0.2) is 0 Å². The van der Waals surface area contributed by atoms with Crippen molar-refractivity contribution >= 4 is 17.7 Å². The van der Waals surface area contributed by atoms with Crippen LogP contribution in [0.2, 0.25) is 0 Å². The van der Waals surface area contributed by atoms with Gasteiger partial charge in [0, 0.05) is 75.4 Å². The number of nitrogen functional groups attached to an aromatic ring is 1. The van der Waals surface area contributed by atoms with Gasteiger partial charge in [-0.3, -0.25) is 4.90 Å². The van der Waals surface area contributed by atoms with Gasteiger partial charge in [-0.15, -0.1) is 0 Å². The highest BCUT2D eigenvalue weighted by Crippen LogP contribution is 2.43. The fourth-order valence-corrected chi connectivity index (χ4v) is 5.60. The summed E-state index contributed by atoms with van der Waals surface area (Å²) < 4.78 is 5.28. The first-order valence-electron chi connectivity index (χ1n) is 10.9. The SMILES string of the molecule is COCCN1C[C@@H]2C[C@H]1CN2c1cc(-c2cnc(N)nc2)nc(N2CC3CC2C3)n1. The average molecular weight is 409 g/mol. The maximum absolute atomic E-state index is 5.69. The predicted octanol–water partition coefficient (Wildman–Crippen LogP) is 1.02. The molecule has 4 aliphatic heterocycles. The van der Waals surface area contributed by atoms with Crippen LogP contribution in [-0.4, -0.2) is 82.9 Å². The Balaban J connectivity index is 1.32. The first-order chi connectivity index (χ1) is 14.7. The molecule has 4 bridgehead atoms. The predicted molar refractivity (Wildman–Crippen MR) is 114 cm³/mol. The second-order valence-corrected chi connectivity index (χ2v) is 9.07. The molecule has 2 N–H and O–H groups in total. The third-order valence-electron chi connectivity index (χ3n) is 7.26. The van der Waals surface area contributed by atoms with E-state index in [2.05, 4.69) is 30.7 Å². The fourth-order valence-electron chi connectivity index (χ4n) is 5.60. The molecule has 0 amide bonds. The summed E-state index contributed by atoms with van der Waals surface area (Å²) in [5, 5.41) is 0. The molecule has 9 heteroatoms. The quantitative estimate of drug-likeness (QED) is 0.751. The molecule has 30 heavy (non-hydrogen) atoms. The Bertz CT molecular complexity index is 931. The van der Waals surface area contributed by atoms with Gasteiger partial charge in [0.1, 0.15) is 5.82 Å². The molecule has 6 heterocycles. The van der Waals surface area contributed by atoms with Gasteiger partial charge >= 0.3 is 0 Å².